The monoisotopic (exact) mass is 324 g/mol. The summed E-state index contributed by atoms with van der Waals surface area (Å²) in [5, 5.41) is 4.71. The van der Waals surface area contributed by atoms with Crippen LogP contribution in [0.1, 0.15) is 24.8 Å². The molecule has 0 spiro atoms. The van der Waals surface area contributed by atoms with Crippen LogP contribution in [-0.2, 0) is 5.41 Å². The molecule has 0 bridgehead atoms. The van der Waals surface area contributed by atoms with Gasteiger partial charge in [0.05, 0.1) is 16.6 Å². The van der Waals surface area contributed by atoms with Crippen LogP contribution in [0, 0.1) is 0 Å². The third kappa shape index (κ3) is 1.76. The molecule has 5 heteroatoms. The molecule has 104 valence electrons. The molecule has 0 N–H and O–H groups in total. The van der Waals surface area contributed by atoms with Gasteiger partial charge in [0.25, 0.3) is 0 Å². The average molecular weight is 325 g/mol. The van der Waals surface area contributed by atoms with Crippen LogP contribution in [0.2, 0.25) is 10.0 Å². The molecule has 3 aliphatic rings. The minimum atomic E-state index is 0.114. The van der Waals surface area contributed by atoms with Gasteiger partial charge in [0.15, 0.2) is 5.17 Å². The summed E-state index contributed by atoms with van der Waals surface area (Å²) in [7, 11) is 0. The van der Waals surface area contributed by atoms with E-state index in [9.17, 15) is 0 Å². The number of halogens is 2. The number of hydrogen-bond acceptors (Lipinski definition) is 3. The normalized spacial score (nSPS) is 23.2. The average Bonchev–Trinajstić information content (AvgIpc) is 2.96. The summed E-state index contributed by atoms with van der Waals surface area (Å²) < 4.78 is 0. The fourth-order valence-electron chi connectivity index (χ4n) is 3.31. The Morgan fingerprint density at radius 1 is 1.20 bits per heavy atom. The van der Waals surface area contributed by atoms with Gasteiger partial charge in [0.2, 0.25) is 0 Å². The quantitative estimate of drug-likeness (QED) is 0.785. The third-order valence-electron chi connectivity index (χ3n) is 4.54. The Labute approximate surface area is 132 Å². The zero-order valence-electron chi connectivity index (χ0n) is 10.9. The molecule has 20 heavy (non-hydrogen) atoms. The van der Waals surface area contributed by atoms with Crippen LogP contribution in [0.25, 0.3) is 0 Å². The van der Waals surface area contributed by atoms with E-state index in [0.717, 1.165) is 18.3 Å². The zero-order valence-corrected chi connectivity index (χ0v) is 13.2. The highest BCUT2D eigenvalue weighted by atomic mass is 35.5. The van der Waals surface area contributed by atoms with Crippen molar-refractivity contribution in [1.29, 1.82) is 0 Å². The molecule has 2 nitrogen and oxygen atoms in total. The van der Waals surface area contributed by atoms with Gasteiger partial charge < -0.3 is 4.90 Å². The summed E-state index contributed by atoms with van der Waals surface area (Å²) in [6.45, 7) is 1.92. The molecule has 0 saturated heterocycles. The number of allylic oxidation sites excluding steroid dienone is 1. The highest BCUT2D eigenvalue weighted by Gasteiger charge is 2.47. The van der Waals surface area contributed by atoms with Crippen molar-refractivity contribution in [3.8, 4) is 0 Å². The molecule has 0 aromatic heterocycles. The topological polar surface area (TPSA) is 15.6 Å². The third-order valence-corrected chi connectivity index (χ3v) is 6.18. The maximum Gasteiger partial charge on any atom is 0.167 e. The lowest BCUT2D eigenvalue weighted by atomic mass is 9.62. The molecule has 0 amide bonds. The summed E-state index contributed by atoms with van der Waals surface area (Å²) in [6, 6.07) is 6.09. The van der Waals surface area contributed by atoms with E-state index in [1.54, 1.807) is 11.8 Å². The van der Waals surface area contributed by atoms with Crippen molar-refractivity contribution in [1.82, 2.24) is 4.90 Å². The second-order valence-corrected chi connectivity index (χ2v) is 7.15. The second kappa shape index (κ2) is 4.69. The van der Waals surface area contributed by atoms with E-state index < -0.39 is 0 Å². The number of rotatable bonds is 2. The first-order chi connectivity index (χ1) is 9.71. The maximum absolute atomic E-state index is 6.22. The molecule has 1 aromatic rings. The van der Waals surface area contributed by atoms with Gasteiger partial charge in [0.1, 0.15) is 0 Å². The molecule has 0 radical (unpaired) electrons. The largest absolute Gasteiger partial charge is 0.321 e. The van der Waals surface area contributed by atoms with Crippen LogP contribution >= 0.6 is 35.0 Å². The van der Waals surface area contributed by atoms with Gasteiger partial charge >= 0.3 is 0 Å². The molecule has 1 aliphatic carbocycles. The molecular formula is C15H14Cl2N2S. The number of fused-ring (bicyclic) bond motifs is 1. The maximum atomic E-state index is 6.22. The van der Waals surface area contributed by atoms with Crippen molar-refractivity contribution in [3.05, 3.63) is 44.9 Å². The first kappa shape index (κ1) is 13.1. The molecule has 1 fully saturated rings. The number of amidine groups is 1. The highest BCUT2D eigenvalue weighted by molar-refractivity contribution is 8.16. The fourth-order valence-corrected chi connectivity index (χ4v) is 4.66. The van der Waals surface area contributed by atoms with Crippen molar-refractivity contribution in [3.63, 3.8) is 0 Å². The van der Waals surface area contributed by atoms with E-state index in [0.29, 0.717) is 10.0 Å². The van der Waals surface area contributed by atoms with Gasteiger partial charge in [-0.1, -0.05) is 47.5 Å². The van der Waals surface area contributed by atoms with Gasteiger partial charge in [-0.15, -0.1) is 0 Å². The van der Waals surface area contributed by atoms with E-state index in [2.05, 4.69) is 21.4 Å². The Morgan fingerprint density at radius 2 is 2.05 bits per heavy atom. The standard InChI is InChI=1S/C15H14Cl2N2S/c16-11-3-2-10(8-12(11)17)15(4-1-5-15)13-9-20-14-18-6-7-19(13)14/h2-3,8-9H,1,4-7H2. The van der Waals surface area contributed by atoms with Crippen molar-refractivity contribution < 1.29 is 0 Å². The van der Waals surface area contributed by atoms with Crippen molar-refractivity contribution in [2.24, 2.45) is 4.99 Å². The lowest BCUT2D eigenvalue weighted by molar-refractivity contribution is 0.252. The van der Waals surface area contributed by atoms with Crippen LogP contribution in [0.4, 0.5) is 0 Å². The number of aliphatic imine (C=N–C) groups is 1. The second-order valence-electron chi connectivity index (χ2n) is 5.50. The lowest BCUT2D eigenvalue weighted by Crippen LogP contribution is -2.42. The van der Waals surface area contributed by atoms with E-state index in [4.69, 9.17) is 23.2 Å². The zero-order chi connectivity index (χ0) is 13.7. The highest BCUT2D eigenvalue weighted by Crippen LogP contribution is 2.54. The first-order valence-electron chi connectivity index (χ1n) is 6.85. The molecule has 0 unspecified atom stereocenters. The van der Waals surface area contributed by atoms with Crippen LogP contribution in [0.5, 0.6) is 0 Å². The molecule has 4 rings (SSSR count). The van der Waals surface area contributed by atoms with Crippen molar-refractivity contribution in [2.45, 2.75) is 24.7 Å². The molecule has 2 heterocycles. The predicted molar refractivity (Wildman–Crippen MR) is 86.7 cm³/mol. The lowest BCUT2D eigenvalue weighted by Gasteiger charge is -2.46. The van der Waals surface area contributed by atoms with E-state index in [-0.39, 0.29) is 5.41 Å². The van der Waals surface area contributed by atoms with Crippen LogP contribution in [-0.4, -0.2) is 23.2 Å². The summed E-state index contributed by atoms with van der Waals surface area (Å²) in [4.78, 5) is 6.93. The van der Waals surface area contributed by atoms with Crippen molar-refractivity contribution >= 4 is 40.1 Å². The van der Waals surface area contributed by atoms with Crippen LogP contribution in [0.15, 0.2) is 34.3 Å². The minimum absolute atomic E-state index is 0.114. The molecule has 2 aliphatic heterocycles. The van der Waals surface area contributed by atoms with Crippen LogP contribution < -0.4 is 0 Å². The summed E-state index contributed by atoms with van der Waals surface area (Å²) in [5.74, 6) is 0. The van der Waals surface area contributed by atoms with Gasteiger partial charge in [0, 0.05) is 17.7 Å². The van der Waals surface area contributed by atoms with Gasteiger partial charge in [-0.3, -0.25) is 4.99 Å². The smallest absolute Gasteiger partial charge is 0.167 e. The Morgan fingerprint density at radius 3 is 2.75 bits per heavy atom. The number of hydrogen-bond donors (Lipinski definition) is 0. The van der Waals surface area contributed by atoms with E-state index in [1.807, 2.05) is 12.1 Å². The molecule has 1 saturated carbocycles. The Bertz CT molecular complexity index is 635. The van der Waals surface area contributed by atoms with E-state index in [1.165, 1.54) is 30.5 Å². The Kier molecular flexibility index (Phi) is 3.06. The molecule has 0 atom stereocenters. The first-order valence-corrected chi connectivity index (χ1v) is 8.49. The Balaban J connectivity index is 1.76. The minimum Gasteiger partial charge on any atom is -0.321 e. The van der Waals surface area contributed by atoms with Crippen LogP contribution in [0.3, 0.4) is 0 Å². The van der Waals surface area contributed by atoms with E-state index >= 15 is 0 Å². The fraction of sp³-hybridized carbons (Fsp3) is 0.400. The SMILES string of the molecule is Clc1ccc(C2(C3=CSC4=NCCN34)CCC2)cc1Cl. The number of thioether (sulfide) groups is 1. The predicted octanol–water partition coefficient (Wildman–Crippen LogP) is 4.67. The van der Waals surface area contributed by atoms with Gasteiger partial charge in [-0.05, 0) is 35.9 Å². The molecule has 1 aromatic carbocycles. The number of benzene rings is 1. The van der Waals surface area contributed by atoms with Gasteiger partial charge in [-0.2, -0.15) is 0 Å². The van der Waals surface area contributed by atoms with Crippen molar-refractivity contribution in [2.75, 3.05) is 13.1 Å². The summed E-state index contributed by atoms with van der Waals surface area (Å²) in [5.41, 5.74) is 2.81. The Hall–Kier alpha value is -0.640. The summed E-state index contributed by atoms with van der Waals surface area (Å²) in [6.07, 6.45) is 3.63. The van der Waals surface area contributed by atoms with Gasteiger partial charge in [-0.25, -0.2) is 0 Å². The summed E-state index contributed by atoms with van der Waals surface area (Å²) >= 11 is 14.0. The number of nitrogens with zero attached hydrogens (tertiary/aromatic N) is 2. The molecular weight excluding hydrogens is 311 g/mol.